The van der Waals surface area contributed by atoms with Crippen molar-refractivity contribution in [1.82, 2.24) is 16.1 Å². The number of nitrogens with one attached hydrogen (secondary N) is 3. The Kier molecular flexibility index (Phi) is 12.1. The lowest BCUT2D eigenvalue weighted by atomic mass is 9.95. The van der Waals surface area contributed by atoms with Crippen LogP contribution < -0.4 is 25.5 Å². The number of allylic oxidation sites excluding steroid dienone is 1. The predicted molar refractivity (Wildman–Crippen MR) is 177 cm³/mol. The van der Waals surface area contributed by atoms with Crippen LogP contribution in [0, 0.1) is 0 Å². The number of benzene rings is 3. The lowest BCUT2D eigenvalue weighted by Gasteiger charge is -2.30. The van der Waals surface area contributed by atoms with Crippen molar-refractivity contribution in [3.63, 3.8) is 0 Å². The fraction of sp³-hybridized carbons (Fsp3) is 0.242. The minimum atomic E-state index is -0.651. The summed E-state index contributed by atoms with van der Waals surface area (Å²) in [6, 6.07) is 18.3. The van der Waals surface area contributed by atoms with Crippen LogP contribution in [0.4, 0.5) is 0 Å². The Morgan fingerprint density at radius 1 is 0.957 bits per heavy atom. The van der Waals surface area contributed by atoms with Crippen LogP contribution in [0.25, 0.3) is 0 Å². The van der Waals surface area contributed by atoms with E-state index in [1.165, 1.54) is 6.21 Å². The Bertz CT molecular complexity index is 1660. The highest BCUT2D eigenvalue weighted by Crippen LogP contribution is 2.33. The van der Waals surface area contributed by atoms with E-state index in [0.29, 0.717) is 56.2 Å². The fourth-order valence-electron chi connectivity index (χ4n) is 4.47. The van der Waals surface area contributed by atoms with Crippen molar-refractivity contribution in [3.8, 4) is 11.5 Å². The third-order valence-electron chi connectivity index (χ3n) is 6.58. The molecule has 1 amide bonds. The fourth-order valence-corrected chi connectivity index (χ4v) is 4.92. The smallest absolute Gasteiger partial charge is 0.338 e. The summed E-state index contributed by atoms with van der Waals surface area (Å²) in [5.74, 6) is -0.551. The van der Waals surface area contributed by atoms with Gasteiger partial charge >= 0.3 is 11.9 Å². The zero-order valence-corrected chi connectivity index (χ0v) is 27.0. The number of hydrogen-bond donors (Lipinski definition) is 3. The van der Waals surface area contributed by atoms with Crippen LogP contribution in [0.5, 0.6) is 11.5 Å². The van der Waals surface area contributed by atoms with E-state index < -0.39 is 17.9 Å². The summed E-state index contributed by atoms with van der Waals surface area (Å²) >= 11 is 11.5. The zero-order chi connectivity index (χ0) is 33.1. The van der Waals surface area contributed by atoms with Gasteiger partial charge in [0.05, 0.1) is 36.6 Å². The number of ether oxygens (including phenoxy) is 4. The number of rotatable bonds is 13. The van der Waals surface area contributed by atoms with E-state index in [9.17, 15) is 14.4 Å². The number of esters is 2. The van der Waals surface area contributed by atoms with Crippen LogP contribution >= 0.6 is 23.8 Å². The van der Waals surface area contributed by atoms with Crippen molar-refractivity contribution in [2.24, 2.45) is 5.10 Å². The molecule has 0 aliphatic carbocycles. The molecule has 0 radical (unpaired) electrons. The topological polar surface area (TPSA) is 137 Å². The van der Waals surface area contributed by atoms with Gasteiger partial charge in [-0.2, -0.15) is 5.10 Å². The first-order chi connectivity index (χ1) is 22.2. The Hall–Kier alpha value is -4.94. The molecule has 13 heteroatoms. The van der Waals surface area contributed by atoms with Crippen molar-refractivity contribution in [2.75, 3.05) is 19.8 Å². The average molecular weight is 665 g/mol. The standard InChI is InChI=1S/C33H33ClN4O7S/c1-4-42-31(40)22-12-10-21(11-13-22)18-44-26-15-14-24(34)16-23(26)17-35-38-28(39)19-45-27-9-7-6-8-25(27)30-29(32(41)43-5-2)20(3)36-33(46)37-30/h6-17,30H,4-5,18-19H2,1-3H3,(H,38,39)(H2,36,37,46)/t30-/m1/s1. The molecule has 0 aromatic heterocycles. The van der Waals surface area contributed by atoms with E-state index in [4.69, 9.17) is 42.8 Å². The van der Waals surface area contributed by atoms with E-state index in [-0.39, 0.29) is 25.8 Å². The van der Waals surface area contributed by atoms with E-state index >= 15 is 0 Å². The van der Waals surface area contributed by atoms with Crippen LogP contribution in [0.2, 0.25) is 5.02 Å². The summed E-state index contributed by atoms with van der Waals surface area (Å²) in [5, 5.41) is 10.9. The van der Waals surface area contributed by atoms with Crippen LogP contribution in [-0.4, -0.2) is 49.0 Å². The summed E-state index contributed by atoms with van der Waals surface area (Å²) in [6.07, 6.45) is 1.41. The summed E-state index contributed by atoms with van der Waals surface area (Å²) in [4.78, 5) is 37.3. The monoisotopic (exact) mass is 664 g/mol. The largest absolute Gasteiger partial charge is 0.488 e. The molecule has 1 aliphatic rings. The van der Waals surface area contributed by atoms with Gasteiger partial charge in [-0.25, -0.2) is 15.0 Å². The maximum atomic E-state index is 12.8. The summed E-state index contributed by atoms with van der Waals surface area (Å²) in [7, 11) is 0. The molecule has 46 heavy (non-hydrogen) atoms. The molecule has 240 valence electrons. The van der Waals surface area contributed by atoms with Crippen LogP contribution in [0.15, 0.2) is 83.1 Å². The van der Waals surface area contributed by atoms with E-state index in [1.807, 2.05) is 0 Å². The van der Waals surface area contributed by atoms with Crippen molar-refractivity contribution in [2.45, 2.75) is 33.4 Å². The molecule has 0 spiro atoms. The second-order valence-electron chi connectivity index (χ2n) is 9.80. The number of hydrazone groups is 1. The molecule has 0 saturated heterocycles. The second kappa shape index (κ2) is 16.4. The number of hydrogen-bond acceptors (Lipinski definition) is 9. The average Bonchev–Trinajstić information content (AvgIpc) is 3.03. The van der Waals surface area contributed by atoms with Crippen molar-refractivity contribution >= 4 is 53.0 Å². The molecule has 3 aromatic carbocycles. The van der Waals surface area contributed by atoms with Gasteiger partial charge in [0.15, 0.2) is 11.7 Å². The van der Waals surface area contributed by atoms with Crippen LogP contribution in [0.3, 0.4) is 0 Å². The highest BCUT2D eigenvalue weighted by atomic mass is 35.5. The molecular formula is C33H33ClN4O7S. The number of carbonyl (C=O) groups is 3. The molecular weight excluding hydrogens is 632 g/mol. The highest BCUT2D eigenvalue weighted by Gasteiger charge is 2.32. The SMILES string of the molecule is CCOC(=O)C1=C(C)NC(=S)N[C@@H]1c1ccccc1OCC(=O)NN=Cc1cc(Cl)ccc1OCc1ccc(C(=O)OCC)cc1. The first-order valence-electron chi connectivity index (χ1n) is 14.4. The molecule has 1 heterocycles. The lowest BCUT2D eigenvalue weighted by Crippen LogP contribution is -2.45. The van der Waals surface area contributed by atoms with E-state index in [2.05, 4.69) is 21.2 Å². The Morgan fingerprint density at radius 3 is 2.41 bits per heavy atom. The molecule has 1 aliphatic heterocycles. The number of nitrogens with zero attached hydrogens (tertiary/aromatic N) is 1. The Balaban J connectivity index is 1.38. The van der Waals surface area contributed by atoms with E-state index in [0.717, 1.165) is 5.56 Å². The number of amides is 1. The number of carbonyl (C=O) groups excluding carboxylic acids is 3. The lowest BCUT2D eigenvalue weighted by molar-refractivity contribution is -0.139. The van der Waals surface area contributed by atoms with Gasteiger partial charge in [0.1, 0.15) is 18.1 Å². The van der Waals surface area contributed by atoms with Gasteiger partial charge < -0.3 is 29.6 Å². The number of halogens is 1. The van der Waals surface area contributed by atoms with Gasteiger partial charge in [-0.05, 0) is 75.0 Å². The van der Waals surface area contributed by atoms with E-state index in [1.54, 1.807) is 87.5 Å². The maximum absolute atomic E-state index is 12.8. The Labute approximate surface area is 276 Å². The first-order valence-corrected chi connectivity index (χ1v) is 15.2. The Morgan fingerprint density at radius 2 is 1.67 bits per heavy atom. The molecule has 0 bridgehead atoms. The van der Waals surface area contributed by atoms with Crippen LogP contribution in [0.1, 0.15) is 53.9 Å². The van der Waals surface area contributed by atoms with Gasteiger partial charge in [0.2, 0.25) is 0 Å². The van der Waals surface area contributed by atoms with Gasteiger partial charge in [0, 0.05) is 21.8 Å². The minimum absolute atomic E-state index is 0.209. The quantitative estimate of drug-likeness (QED) is 0.0993. The summed E-state index contributed by atoms with van der Waals surface area (Å²) in [6.45, 7) is 5.58. The summed E-state index contributed by atoms with van der Waals surface area (Å²) < 4.78 is 22.1. The van der Waals surface area contributed by atoms with Crippen molar-refractivity contribution < 1.29 is 33.3 Å². The number of thiocarbonyl (C=S) groups is 1. The van der Waals surface area contributed by atoms with Gasteiger partial charge in [0.25, 0.3) is 5.91 Å². The van der Waals surface area contributed by atoms with Gasteiger partial charge in [-0.3, -0.25) is 4.79 Å². The molecule has 4 rings (SSSR count). The third kappa shape index (κ3) is 9.05. The molecule has 0 fully saturated rings. The second-order valence-corrected chi connectivity index (χ2v) is 10.6. The van der Waals surface area contributed by atoms with Crippen molar-refractivity contribution in [1.29, 1.82) is 0 Å². The maximum Gasteiger partial charge on any atom is 0.338 e. The predicted octanol–water partition coefficient (Wildman–Crippen LogP) is 4.98. The zero-order valence-electron chi connectivity index (χ0n) is 25.4. The van der Waals surface area contributed by atoms with Gasteiger partial charge in [-0.15, -0.1) is 0 Å². The highest BCUT2D eigenvalue weighted by molar-refractivity contribution is 7.80. The summed E-state index contributed by atoms with van der Waals surface area (Å²) in [5.41, 5.74) is 5.77. The molecule has 0 unspecified atom stereocenters. The first kappa shape index (κ1) is 33.9. The molecule has 1 atom stereocenters. The molecule has 11 nitrogen and oxygen atoms in total. The molecule has 0 saturated carbocycles. The normalized spacial score (nSPS) is 14.3. The van der Waals surface area contributed by atoms with Crippen molar-refractivity contribution in [3.05, 3.63) is 105 Å². The molecule has 3 aromatic rings. The van der Waals surface area contributed by atoms with Crippen LogP contribution in [-0.2, 0) is 25.7 Å². The minimum Gasteiger partial charge on any atom is -0.488 e. The van der Waals surface area contributed by atoms with Gasteiger partial charge in [-0.1, -0.05) is 41.9 Å². The third-order valence-corrected chi connectivity index (χ3v) is 7.03. The number of para-hydroxylation sites is 1. The molecule has 3 N–H and O–H groups in total.